The van der Waals surface area contributed by atoms with Crippen molar-refractivity contribution in [1.29, 1.82) is 0 Å². The molecule has 2 amide bonds. The molecule has 30 heavy (non-hydrogen) atoms. The Balaban J connectivity index is 1.70. The summed E-state index contributed by atoms with van der Waals surface area (Å²) in [5, 5.41) is 7.75. The van der Waals surface area contributed by atoms with Crippen LogP contribution < -0.4 is 10.9 Å². The van der Waals surface area contributed by atoms with Crippen molar-refractivity contribution in [3.63, 3.8) is 0 Å². The summed E-state index contributed by atoms with van der Waals surface area (Å²) in [6.07, 6.45) is 2.78. The molecule has 0 atom stereocenters. The number of hydrogen-bond acceptors (Lipinski definition) is 7. The van der Waals surface area contributed by atoms with E-state index in [0.29, 0.717) is 22.9 Å². The highest BCUT2D eigenvalue weighted by molar-refractivity contribution is 6.01. The molecule has 0 bridgehead atoms. The molecule has 3 aromatic heterocycles. The Hall–Kier alpha value is -4.01. The van der Waals surface area contributed by atoms with E-state index in [1.807, 2.05) is 13.8 Å². The molecule has 0 fully saturated rings. The van der Waals surface area contributed by atoms with Crippen LogP contribution in [-0.4, -0.2) is 29.2 Å². The zero-order valence-electron chi connectivity index (χ0n) is 17.0. The molecule has 9 heteroatoms. The predicted molar refractivity (Wildman–Crippen MR) is 111 cm³/mol. The van der Waals surface area contributed by atoms with Gasteiger partial charge in [-0.05, 0) is 58.0 Å². The van der Waals surface area contributed by atoms with Crippen molar-refractivity contribution in [2.75, 3.05) is 0 Å². The van der Waals surface area contributed by atoms with Gasteiger partial charge in [-0.25, -0.2) is 10.9 Å². The number of nitrogens with one attached hydrogen (secondary N) is 2. The van der Waals surface area contributed by atoms with Gasteiger partial charge in [-0.1, -0.05) is 0 Å². The number of carbonyl (C=O) groups is 2. The highest BCUT2D eigenvalue weighted by atomic mass is 16.3. The number of amides is 2. The van der Waals surface area contributed by atoms with Gasteiger partial charge in [-0.15, -0.1) is 0 Å². The molecule has 3 rings (SSSR count). The van der Waals surface area contributed by atoms with Gasteiger partial charge in [0.25, 0.3) is 11.8 Å². The number of pyridine rings is 1. The summed E-state index contributed by atoms with van der Waals surface area (Å²) in [5.41, 5.74) is 6.21. The summed E-state index contributed by atoms with van der Waals surface area (Å²) < 4.78 is 10.7. The van der Waals surface area contributed by atoms with E-state index in [0.717, 1.165) is 11.5 Å². The minimum atomic E-state index is -0.497. The Morgan fingerprint density at radius 1 is 0.800 bits per heavy atom. The molecule has 0 aliphatic heterocycles. The number of furan rings is 2. The lowest BCUT2D eigenvalue weighted by Crippen LogP contribution is -2.23. The lowest BCUT2D eigenvalue weighted by Gasteiger charge is -2.09. The number of nitrogens with zero attached hydrogens (tertiary/aromatic N) is 3. The Kier molecular flexibility index (Phi) is 6.21. The minimum absolute atomic E-state index is 0.226. The zero-order valence-corrected chi connectivity index (χ0v) is 17.0. The first-order chi connectivity index (χ1) is 14.3. The van der Waals surface area contributed by atoms with Gasteiger partial charge in [-0.2, -0.15) is 10.2 Å². The summed E-state index contributed by atoms with van der Waals surface area (Å²) >= 11 is 0. The van der Waals surface area contributed by atoms with Crippen LogP contribution in [0.1, 0.15) is 55.1 Å². The van der Waals surface area contributed by atoms with Gasteiger partial charge >= 0.3 is 0 Å². The van der Waals surface area contributed by atoms with E-state index in [-0.39, 0.29) is 11.1 Å². The molecular formula is C21H21N5O4. The topological polar surface area (TPSA) is 122 Å². The summed E-state index contributed by atoms with van der Waals surface area (Å²) in [7, 11) is 0. The van der Waals surface area contributed by atoms with Gasteiger partial charge in [0.15, 0.2) is 0 Å². The highest BCUT2D eigenvalue weighted by Gasteiger charge is 2.17. The Morgan fingerprint density at radius 2 is 1.23 bits per heavy atom. The minimum Gasteiger partial charge on any atom is -0.460 e. The van der Waals surface area contributed by atoms with Crippen LogP contribution in [0.5, 0.6) is 0 Å². The molecule has 3 aromatic rings. The third-order valence-electron chi connectivity index (χ3n) is 4.13. The van der Waals surface area contributed by atoms with Crippen LogP contribution in [0.4, 0.5) is 0 Å². The Morgan fingerprint density at radius 3 is 1.60 bits per heavy atom. The van der Waals surface area contributed by atoms with E-state index in [9.17, 15) is 9.59 Å². The van der Waals surface area contributed by atoms with Crippen molar-refractivity contribution in [1.82, 2.24) is 15.8 Å². The SMILES string of the molecule is Cc1ccc(/C=N\NC(=O)c2cc(C(=O)N/N=C\c3ccc(C)o3)c(C)nc2C)o1. The van der Waals surface area contributed by atoms with Crippen LogP contribution in [-0.2, 0) is 0 Å². The van der Waals surface area contributed by atoms with Gasteiger partial charge in [0.2, 0.25) is 0 Å². The van der Waals surface area contributed by atoms with Crippen molar-refractivity contribution in [2.24, 2.45) is 10.2 Å². The van der Waals surface area contributed by atoms with Crippen LogP contribution in [0, 0.1) is 27.7 Å². The quantitative estimate of drug-likeness (QED) is 0.480. The average molecular weight is 407 g/mol. The number of hydrogen-bond donors (Lipinski definition) is 2. The van der Waals surface area contributed by atoms with Crippen molar-refractivity contribution >= 4 is 24.2 Å². The van der Waals surface area contributed by atoms with Gasteiger partial charge < -0.3 is 8.83 Å². The Labute approximate surface area is 172 Å². The summed E-state index contributed by atoms with van der Waals surface area (Å²) in [6, 6.07) is 8.50. The monoisotopic (exact) mass is 407 g/mol. The number of rotatable bonds is 6. The normalized spacial score (nSPS) is 11.3. The molecule has 0 saturated heterocycles. The largest absolute Gasteiger partial charge is 0.460 e. The van der Waals surface area contributed by atoms with E-state index < -0.39 is 11.8 Å². The van der Waals surface area contributed by atoms with E-state index in [4.69, 9.17) is 8.83 Å². The van der Waals surface area contributed by atoms with Crippen molar-refractivity contribution < 1.29 is 18.4 Å². The van der Waals surface area contributed by atoms with Crippen LogP contribution in [0.15, 0.2) is 49.4 Å². The molecule has 3 heterocycles. The average Bonchev–Trinajstić information content (AvgIpc) is 3.29. The predicted octanol–water partition coefficient (Wildman–Crippen LogP) is 3.03. The van der Waals surface area contributed by atoms with E-state index in [1.165, 1.54) is 18.5 Å². The van der Waals surface area contributed by atoms with Crippen LogP contribution in [0.3, 0.4) is 0 Å². The van der Waals surface area contributed by atoms with Crippen molar-refractivity contribution in [2.45, 2.75) is 27.7 Å². The van der Waals surface area contributed by atoms with Gasteiger partial charge in [0.05, 0.1) is 34.9 Å². The Bertz CT molecular complexity index is 1050. The number of hydrazone groups is 2. The standard InChI is InChI=1S/C21H21N5O4/c1-12-5-7-16(29-12)10-22-25-20(27)18-9-19(15(4)24-14(18)3)21(28)26-23-11-17-8-6-13(2)30-17/h5-11H,1-4H3,(H,25,27)(H,26,28)/b22-10-,23-11-. The summed E-state index contributed by atoms with van der Waals surface area (Å²) in [5.74, 6) is 1.50. The highest BCUT2D eigenvalue weighted by Crippen LogP contribution is 2.13. The molecule has 9 nitrogen and oxygen atoms in total. The number of aryl methyl sites for hydroxylation is 4. The van der Waals surface area contributed by atoms with E-state index >= 15 is 0 Å². The zero-order chi connectivity index (χ0) is 21.7. The number of aromatic nitrogens is 1. The second-order valence-corrected chi connectivity index (χ2v) is 6.55. The van der Waals surface area contributed by atoms with Gasteiger partial charge in [0, 0.05) is 0 Å². The third-order valence-corrected chi connectivity index (χ3v) is 4.13. The van der Waals surface area contributed by atoms with Crippen LogP contribution in [0.25, 0.3) is 0 Å². The van der Waals surface area contributed by atoms with Gasteiger partial charge in [0.1, 0.15) is 23.0 Å². The third kappa shape index (κ3) is 5.07. The fraction of sp³-hybridized carbons (Fsp3) is 0.190. The fourth-order valence-corrected chi connectivity index (χ4v) is 2.66. The van der Waals surface area contributed by atoms with Gasteiger partial charge in [-0.3, -0.25) is 14.6 Å². The second-order valence-electron chi connectivity index (χ2n) is 6.55. The van der Waals surface area contributed by atoms with E-state index in [1.54, 1.807) is 38.1 Å². The lowest BCUT2D eigenvalue weighted by molar-refractivity contribution is 0.0954. The summed E-state index contributed by atoms with van der Waals surface area (Å²) in [6.45, 7) is 6.98. The lowest BCUT2D eigenvalue weighted by atomic mass is 10.1. The maximum Gasteiger partial charge on any atom is 0.273 e. The summed E-state index contributed by atoms with van der Waals surface area (Å²) in [4.78, 5) is 29.3. The first-order valence-electron chi connectivity index (χ1n) is 9.11. The maximum atomic E-state index is 12.5. The van der Waals surface area contributed by atoms with Crippen molar-refractivity contribution in [3.8, 4) is 0 Å². The molecule has 0 unspecified atom stereocenters. The molecule has 0 aliphatic rings. The fourth-order valence-electron chi connectivity index (χ4n) is 2.66. The molecule has 0 radical (unpaired) electrons. The molecule has 0 aliphatic carbocycles. The molecule has 0 saturated carbocycles. The van der Waals surface area contributed by atoms with Crippen LogP contribution >= 0.6 is 0 Å². The molecule has 0 spiro atoms. The van der Waals surface area contributed by atoms with Crippen LogP contribution in [0.2, 0.25) is 0 Å². The second kappa shape index (κ2) is 8.99. The molecular weight excluding hydrogens is 386 g/mol. The smallest absolute Gasteiger partial charge is 0.273 e. The maximum absolute atomic E-state index is 12.5. The first-order valence-corrected chi connectivity index (χ1v) is 9.11. The molecule has 2 N–H and O–H groups in total. The molecule has 154 valence electrons. The van der Waals surface area contributed by atoms with E-state index in [2.05, 4.69) is 26.0 Å². The molecule has 0 aromatic carbocycles. The first kappa shape index (κ1) is 20.7. The number of carbonyl (C=O) groups excluding carboxylic acids is 2. The van der Waals surface area contributed by atoms with Crippen molar-refractivity contribution in [3.05, 3.63) is 75.9 Å².